The van der Waals surface area contributed by atoms with Gasteiger partial charge in [-0.1, -0.05) is 11.6 Å². The van der Waals surface area contributed by atoms with E-state index in [0.717, 1.165) is 6.54 Å². The summed E-state index contributed by atoms with van der Waals surface area (Å²) in [5.41, 5.74) is 0. The van der Waals surface area contributed by atoms with Crippen LogP contribution in [0.3, 0.4) is 0 Å². The molecule has 0 bridgehead atoms. The molecule has 0 aromatic carbocycles. The summed E-state index contributed by atoms with van der Waals surface area (Å²) in [7, 11) is 0. The molecule has 0 atom stereocenters. The van der Waals surface area contributed by atoms with Gasteiger partial charge in [-0.2, -0.15) is 4.98 Å². The smallest absolute Gasteiger partial charge is 0.237 e. The maximum Gasteiger partial charge on any atom is 0.237 e. The Labute approximate surface area is 82.3 Å². The number of aromatic nitrogens is 2. The van der Waals surface area contributed by atoms with Crippen LogP contribution in [0.25, 0.3) is 0 Å². The van der Waals surface area contributed by atoms with Gasteiger partial charge >= 0.3 is 0 Å². The van der Waals surface area contributed by atoms with Crippen LogP contribution in [-0.2, 0) is 0 Å². The summed E-state index contributed by atoms with van der Waals surface area (Å²) in [6, 6.07) is 0. The molecule has 1 aromatic rings. The second kappa shape index (κ2) is 4.87. The van der Waals surface area contributed by atoms with Gasteiger partial charge < -0.3 is 10.1 Å². The summed E-state index contributed by atoms with van der Waals surface area (Å²) in [5, 5.41) is 3.41. The van der Waals surface area contributed by atoms with E-state index in [1.807, 2.05) is 13.8 Å². The Kier molecular flexibility index (Phi) is 3.76. The largest absolute Gasteiger partial charge is 0.477 e. The maximum absolute atomic E-state index is 5.80. The zero-order chi connectivity index (χ0) is 9.68. The first-order valence-corrected chi connectivity index (χ1v) is 4.55. The van der Waals surface area contributed by atoms with E-state index in [9.17, 15) is 0 Å². The number of rotatable bonds is 4. The highest BCUT2D eigenvalue weighted by atomic mass is 35.5. The van der Waals surface area contributed by atoms with E-state index in [-0.39, 0.29) is 0 Å². The van der Waals surface area contributed by atoms with Gasteiger partial charge in [0.25, 0.3) is 0 Å². The van der Waals surface area contributed by atoms with Crippen LogP contribution >= 0.6 is 11.6 Å². The van der Waals surface area contributed by atoms with Crippen LogP contribution < -0.4 is 10.1 Å². The van der Waals surface area contributed by atoms with E-state index in [1.165, 1.54) is 6.20 Å². The topological polar surface area (TPSA) is 47.0 Å². The van der Waals surface area contributed by atoms with Gasteiger partial charge in [-0.25, -0.2) is 4.98 Å². The van der Waals surface area contributed by atoms with Crippen molar-refractivity contribution in [1.82, 2.24) is 9.97 Å². The Morgan fingerprint density at radius 3 is 2.92 bits per heavy atom. The highest BCUT2D eigenvalue weighted by Gasteiger charge is 2.04. The van der Waals surface area contributed by atoms with Crippen molar-refractivity contribution in [2.24, 2.45) is 0 Å². The summed E-state index contributed by atoms with van der Waals surface area (Å²) >= 11 is 5.80. The molecule has 0 spiro atoms. The Bertz CT molecular complexity index is 280. The molecule has 0 saturated heterocycles. The van der Waals surface area contributed by atoms with Crippen LogP contribution in [0, 0.1) is 0 Å². The fourth-order valence-electron chi connectivity index (χ4n) is 0.833. The van der Waals surface area contributed by atoms with Crippen LogP contribution in [0.15, 0.2) is 6.20 Å². The SMILES string of the molecule is CCNc1ncc(Cl)c(OCC)n1. The standard InChI is InChI=1S/C8H12ClN3O/c1-3-10-8-11-5-6(9)7(12-8)13-4-2/h5H,3-4H2,1-2H3,(H,10,11,12). The number of nitrogens with one attached hydrogen (secondary N) is 1. The molecule has 0 aliphatic rings. The lowest BCUT2D eigenvalue weighted by Crippen LogP contribution is -2.04. The van der Waals surface area contributed by atoms with E-state index in [1.54, 1.807) is 0 Å². The minimum atomic E-state index is 0.426. The van der Waals surface area contributed by atoms with E-state index in [2.05, 4.69) is 15.3 Å². The maximum atomic E-state index is 5.80. The first-order valence-electron chi connectivity index (χ1n) is 4.17. The molecule has 0 unspecified atom stereocenters. The minimum Gasteiger partial charge on any atom is -0.477 e. The molecule has 1 aromatic heterocycles. The normalized spacial score (nSPS) is 9.77. The second-order valence-electron chi connectivity index (χ2n) is 2.31. The van der Waals surface area contributed by atoms with Crippen molar-refractivity contribution in [3.05, 3.63) is 11.2 Å². The summed E-state index contributed by atoms with van der Waals surface area (Å²) in [5.74, 6) is 0.963. The fraction of sp³-hybridized carbons (Fsp3) is 0.500. The molecule has 1 heterocycles. The van der Waals surface area contributed by atoms with Gasteiger partial charge in [0.2, 0.25) is 11.8 Å². The van der Waals surface area contributed by atoms with Crippen LogP contribution in [0.5, 0.6) is 5.88 Å². The predicted molar refractivity (Wildman–Crippen MR) is 52.4 cm³/mol. The van der Waals surface area contributed by atoms with Crippen LogP contribution in [0.4, 0.5) is 5.95 Å². The van der Waals surface area contributed by atoms with E-state index in [0.29, 0.717) is 23.5 Å². The Balaban J connectivity index is 2.83. The third-order valence-electron chi connectivity index (χ3n) is 1.33. The average molecular weight is 202 g/mol. The lowest BCUT2D eigenvalue weighted by Gasteiger charge is -2.06. The van der Waals surface area contributed by atoms with E-state index >= 15 is 0 Å². The number of ether oxygens (including phenoxy) is 1. The average Bonchev–Trinajstić information content (AvgIpc) is 2.12. The number of nitrogens with zero attached hydrogens (tertiary/aromatic N) is 2. The fourth-order valence-corrected chi connectivity index (χ4v) is 0.978. The Hall–Kier alpha value is -1.03. The van der Waals surface area contributed by atoms with E-state index in [4.69, 9.17) is 16.3 Å². The molecule has 1 rings (SSSR count). The first kappa shape index (κ1) is 10.1. The Morgan fingerprint density at radius 2 is 2.31 bits per heavy atom. The van der Waals surface area contributed by atoms with Crippen molar-refractivity contribution in [3.8, 4) is 5.88 Å². The summed E-state index contributed by atoms with van der Waals surface area (Å²) in [4.78, 5) is 8.05. The summed E-state index contributed by atoms with van der Waals surface area (Å²) < 4.78 is 5.20. The molecule has 0 fully saturated rings. The quantitative estimate of drug-likeness (QED) is 0.809. The lowest BCUT2D eigenvalue weighted by molar-refractivity contribution is 0.327. The molecule has 0 radical (unpaired) electrons. The molecule has 0 amide bonds. The van der Waals surface area contributed by atoms with Gasteiger partial charge in [-0.05, 0) is 13.8 Å². The van der Waals surface area contributed by atoms with E-state index < -0.39 is 0 Å². The molecule has 1 N–H and O–H groups in total. The molecular formula is C8H12ClN3O. The highest BCUT2D eigenvalue weighted by molar-refractivity contribution is 6.31. The van der Waals surface area contributed by atoms with Gasteiger partial charge in [0.1, 0.15) is 5.02 Å². The monoisotopic (exact) mass is 201 g/mol. The first-order chi connectivity index (χ1) is 6.27. The molecule has 13 heavy (non-hydrogen) atoms. The van der Waals surface area contributed by atoms with Crippen molar-refractivity contribution in [1.29, 1.82) is 0 Å². The van der Waals surface area contributed by atoms with Gasteiger partial charge in [0.05, 0.1) is 12.8 Å². The third-order valence-corrected chi connectivity index (χ3v) is 1.59. The molecule has 0 saturated carbocycles. The van der Waals surface area contributed by atoms with Crippen molar-refractivity contribution >= 4 is 17.5 Å². The minimum absolute atomic E-state index is 0.426. The third kappa shape index (κ3) is 2.73. The van der Waals surface area contributed by atoms with Crippen LogP contribution in [-0.4, -0.2) is 23.1 Å². The summed E-state index contributed by atoms with van der Waals surface area (Å²) in [6.07, 6.45) is 1.53. The van der Waals surface area contributed by atoms with Crippen molar-refractivity contribution in [2.45, 2.75) is 13.8 Å². The molecule has 0 aliphatic heterocycles. The molecule has 72 valence electrons. The van der Waals surface area contributed by atoms with Gasteiger partial charge in [0.15, 0.2) is 0 Å². The number of halogens is 1. The molecule has 0 aliphatic carbocycles. The molecule has 5 heteroatoms. The lowest BCUT2D eigenvalue weighted by atomic mass is 10.6. The van der Waals surface area contributed by atoms with Crippen molar-refractivity contribution in [3.63, 3.8) is 0 Å². The second-order valence-corrected chi connectivity index (χ2v) is 2.72. The number of anilines is 1. The number of hydrogen-bond acceptors (Lipinski definition) is 4. The highest BCUT2D eigenvalue weighted by Crippen LogP contribution is 2.21. The molecule has 4 nitrogen and oxygen atoms in total. The van der Waals surface area contributed by atoms with Crippen LogP contribution in [0.2, 0.25) is 5.02 Å². The predicted octanol–water partition coefficient (Wildman–Crippen LogP) is 1.96. The molecular weight excluding hydrogens is 190 g/mol. The zero-order valence-corrected chi connectivity index (χ0v) is 8.43. The van der Waals surface area contributed by atoms with Gasteiger partial charge in [-0.15, -0.1) is 0 Å². The van der Waals surface area contributed by atoms with Gasteiger partial charge in [0, 0.05) is 6.54 Å². The zero-order valence-electron chi connectivity index (χ0n) is 7.67. The Morgan fingerprint density at radius 1 is 1.54 bits per heavy atom. The number of hydrogen-bond donors (Lipinski definition) is 1. The van der Waals surface area contributed by atoms with Gasteiger partial charge in [-0.3, -0.25) is 0 Å². The van der Waals surface area contributed by atoms with Crippen LogP contribution in [0.1, 0.15) is 13.8 Å². The van der Waals surface area contributed by atoms with Crippen molar-refractivity contribution in [2.75, 3.05) is 18.5 Å². The summed E-state index contributed by atoms with van der Waals surface area (Å²) in [6.45, 7) is 5.17. The van der Waals surface area contributed by atoms with Crippen molar-refractivity contribution < 1.29 is 4.74 Å².